The highest BCUT2D eigenvalue weighted by Gasteiger charge is 2.14. The van der Waals surface area contributed by atoms with Crippen LogP contribution < -0.4 is 10.0 Å². The lowest BCUT2D eigenvalue weighted by atomic mass is 10.2. The Morgan fingerprint density at radius 2 is 1.54 bits per heavy atom. The van der Waals surface area contributed by atoms with E-state index in [0.29, 0.717) is 11.4 Å². The number of hydrogen-bond donors (Lipinski definition) is 2. The van der Waals surface area contributed by atoms with Crippen molar-refractivity contribution in [3.63, 3.8) is 0 Å². The third-order valence-electron chi connectivity index (χ3n) is 3.42. The van der Waals surface area contributed by atoms with Gasteiger partial charge in [0.25, 0.3) is 15.9 Å². The van der Waals surface area contributed by atoms with Crippen LogP contribution in [0.2, 0.25) is 0 Å². The van der Waals surface area contributed by atoms with Crippen LogP contribution in [0, 0.1) is 5.82 Å². The van der Waals surface area contributed by atoms with Crippen LogP contribution in [0.1, 0.15) is 10.5 Å². The van der Waals surface area contributed by atoms with Crippen LogP contribution in [0.15, 0.2) is 77.8 Å². The minimum atomic E-state index is -3.82. The molecule has 1 amide bonds. The van der Waals surface area contributed by atoms with E-state index in [-0.39, 0.29) is 16.5 Å². The molecule has 0 atom stereocenters. The molecule has 0 fully saturated rings. The van der Waals surface area contributed by atoms with Gasteiger partial charge in [-0.25, -0.2) is 12.8 Å². The van der Waals surface area contributed by atoms with E-state index in [4.69, 9.17) is 0 Å². The highest BCUT2D eigenvalue weighted by molar-refractivity contribution is 7.92. The molecule has 3 aromatic rings. The van der Waals surface area contributed by atoms with Gasteiger partial charge in [-0.1, -0.05) is 6.07 Å². The quantitative estimate of drug-likeness (QED) is 0.720. The molecule has 26 heavy (non-hydrogen) atoms. The topological polar surface area (TPSA) is 88.2 Å². The first kappa shape index (κ1) is 17.6. The average molecular weight is 371 g/mol. The van der Waals surface area contributed by atoms with E-state index < -0.39 is 15.8 Å². The molecule has 0 aliphatic heterocycles. The number of carbonyl (C=O) groups is 1. The van der Waals surface area contributed by atoms with Crippen molar-refractivity contribution in [3.05, 3.63) is 84.4 Å². The summed E-state index contributed by atoms with van der Waals surface area (Å²) in [7, 11) is -3.82. The molecule has 0 saturated carbocycles. The van der Waals surface area contributed by atoms with E-state index in [1.807, 2.05) is 0 Å². The summed E-state index contributed by atoms with van der Waals surface area (Å²) in [6, 6.07) is 15.6. The number of halogens is 1. The number of nitrogens with zero attached hydrogens (tertiary/aromatic N) is 1. The second kappa shape index (κ2) is 7.32. The fourth-order valence-electron chi connectivity index (χ4n) is 2.14. The number of rotatable bonds is 5. The fraction of sp³-hybridized carbons (Fsp3) is 0. The molecule has 0 unspecified atom stereocenters. The third-order valence-corrected chi connectivity index (χ3v) is 4.81. The summed E-state index contributed by atoms with van der Waals surface area (Å²) in [4.78, 5) is 15.9. The van der Waals surface area contributed by atoms with Gasteiger partial charge >= 0.3 is 0 Å². The second-order valence-corrected chi connectivity index (χ2v) is 6.99. The molecule has 1 aromatic heterocycles. The van der Waals surface area contributed by atoms with Crippen LogP contribution in [0.25, 0.3) is 0 Å². The van der Waals surface area contributed by atoms with E-state index in [1.165, 1.54) is 30.5 Å². The van der Waals surface area contributed by atoms with Crippen LogP contribution in [-0.4, -0.2) is 19.3 Å². The lowest BCUT2D eigenvalue weighted by Gasteiger charge is -2.09. The van der Waals surface area contributed by atoms with Gasteiger partial charge in [0.15, 0.2) is 0 Å². The lowest BCUT2D eigenvalue weighted by Crippen LogP contribution is -2.14. The minimum absolute atomic E-state index is 0.0496. The SMILES string of the molecule is O=C(Nc1ccc(NS(=O)(=O)c2ccc(F)cc2)cc1)c1ccccn1. The highest BCUT2D eigenvalue weighted by Crippen LogP contribution is 2.19. The maximum absolute atomic E-state index is 12.9. The Morgan fingerprint density at radius 1 is 0.885 bits per heavy atom. The van der Waals surface area contributed by atoms with E-state index >= 15 is 0 Å². The van der Waals surface area contributed by atoms with E-state index in [1.54, 1.807) is 30.3 Å². The normalized spacial score (nSPS) is 11.0. The number of carbonyl (C=O) groups excluding carboxylic acids is 1. The van der Waals surface area contributed by atoms with Crippen molar-refractivity contribution >= 4 is 27.3 Å². The Morgan fingerprint density at radius 3 is 2.15 bits per heavy atom. The lowest BCUT2D eigenvalue weighted by molar-refractivity contribution is 0.102. The molecule has 0 aliphatic carbocycles. The number of hydrogen-bond acceptors (Lipinski definition) is 4. The van der Waals surface area contributed by atoms with E-state index in [9.17, 15) is 17.6 Å². The molecular weight excluding hydrogens is 357 g/mol. The van der Waals surface area contributed by atoms with Gasteiger partial charge in [0.1, 0.15) is 11.5 Å². The van der Waals surface area contributed by atoms with Crippen molar-refractivity contribution in [1.29, 1.82) is 0 Å². The third kappa shape index (κ3) is 4.22. The number of nitrogens with one attached hydrogen (secondary N) is 2. The maximum atomic E-state index is 12.9. The van der Waals surface area contributed by atoms with Crippen LogP contribution in [0.5, 0.6) is 0 Å². The molecule has 0 aliphatic rings. The van der Waals surface area contributed by atoms with Crippen molar-refractivity contribution in [2.24, 2.45) is 0 Å². The molecule has 132 valence electrons. The fourth-order valence-corrected chi connectivity index (χ4v) is 3.20. The Balaban J connectivity index is 1.69. The van der Waals surface area contributed by atoms with E-state index in [0.717, 1.165) is 12.1 Å². The summed E-state index contributed by atoms with van der Waals surface area (Å²) < 4.78 is 39.8. The molecule has 0 spiro atoms. The Hall–Kier alpha value is -3.26. The molecule has 2 aromatic carbocycles. The smallest absolute Gasteiger partial charge is 0.274 e. The zero-order valence-corrected chi connectivity index (χ0v) is 14.2. The van der Waals surface area contributed by atoms with Crippen molar-refractivity contribution in [3.8, 4) is 0 Å². The molecule has 8 heteroatoms. The standard InChI is InChI=1S/C18H14FN3O3S/c19-13-4-10-16(11-5-13)26(24,25)22-15-8-6-14(7-9-15)21-18(23)17-3-1-2-12-20-17/h1-12,22H,(H,21,23). The zero-order valence-electron chi connectivity index (χ0n) is 13.4. The van der Waals surface area contributed by atoms with Gasteiger partial charge in [-0.2, -0.15) is 0 Å². The Labute approximate surface area is 149 Å². The summed E-state index contributed by atoms with van der Waals surface area (Å²) in [5.74, 6) is -0.887. The zero-order chi connectivity index (χ0) is 18.6. The monoisotopic (exact) mass is 371 g/mol. The first-order valence-electron chi connectivity index (χ1n) is 7.55. The first-order valence-corrected chi connectivity index (χ1v) is 9.03. The molecule has 6 nitrogen and oxygen atoms in total. The van der Waals surface area contributed by atoms with Gasteiger partial charge in [0.05, 0.1) is 4.90 Å². The van der Waals surface area contributed by atoms with Gasteiger partial charge in [-0.3, -0.25) is 14.5 Å². The largest absolute Gasteiger partial charge is 0.321 e. The number of amides is 1. The van der Waals surface area contributed by atoms with E-state index in [2.05, 4.69) is 15.0 Å². The number of anilines is 2. The number of benzene rings is 2. The van der Waals surface area contributed by atoms with Crippen molar-refractivity contribution in [2.75, 3.05) is 10.0 Å². The second-order valence-electron chi connectivity index (χ2n) is 5.31. The van der Waals surface area contributed by atoms with Crippen LogP contribution >= 0.6 is 0 Å². The number of sulfonamides is 1. The summed E-state index contributed by atoms with van der Waals surface area (Å²) in [5, 5.41) is 2.67. The van der Waals surface area contributed by atoms with Crippen molar-refractivity contribution in [2.45, 2.75) is 4.90 Å². The van der Waals surface area contributed by atoms with Gasteiger partial charge < -0.3 is 5.32 Å². The molecule has 0 radical (unpaired) electrons. The molecular formula is C18H14FN3O3S. The van der Waals surface area contributed by atoms with Crippen LogP contribution in [0.4, 0.5) is 15.8 Å². The van der Waals surface area contributed by atoms with Gasteiger partial charge in [-0.15, -0.1) is 0 Å². The Kier molecular flexibility index (Phi) is 4.94. The van der Waals surface area contributed by atoms with Crippen LogP contribution in [0.3, 0.4) is 0 Å². The summed E-state index contributed by atoms with van der Waals surface area (Å²) >= 11 is 0. The van der Waals surface area contributed by atoms with Gasteiger partial charge in [-0.05, 0) is 60.7 Å². The molecule has 0 bridgehead atoms. The molecule has 3 rings (SSSR count). The molecule has 1 heterocycles. The first-order chi connectivity index (χ1) is 12.4. The predicted molar refractivity (Wildman–Crippen MR) is 95.8 cm³/mol. The summed E-state index contributed by atoms with van der Waals surface area (Å²) in [5.41, 5.74) is 1.07. The maximum Gasteiger partial charge on any atom is 0.274 e. The number of aromatic nitrogens is 1. The van der Waals surface area contributed by atoms with Gasteiger partial charge in [0, 0.05) is 17.6 Å². The van der Waals surface area contributed by atoms with Crippen molar-refractivity contribution in [1.82, 2.24) is 4.98 Å². The molecule has 2 N–H and O–H groups in total. The minimum Gasteiger partial charge on any atom is -0.321 e. The van der Waals surface area contributed by atoms with Crippen LogP contribution in [-0.2, 0) is 10.0 Å². The predicted octanol–water partition coefficient (Wildman–Crippen LogP) is 3.27. The highest BCUT2D eigenvalue weighted by atomic mass is 32.2. The van der Waals surface area contributed by atoms with Gasteiger partial charge in [0.2, 0.25) is 0 Å². The molecule has 0 saturated heterocycles. The average Bonchev–Trinajstić information content (AvgIpc) is 2.64. The summed E-state index contributed by atoms with van der Waals surface area (Å²) in [6.07, 6.45) is 1.52. The number of pyridine rings is 1. The van der Waals surface area contributed by atoms with Crippen molar-refractivity contribution < 1.29 is 17.6 Å². The Bertz CT molecular complexity index is 1010. The summed E-state index contributed by atoms with van der Waals surface area (Å²) in [6.45, 7) is 0.